The van der Waals surface area contributed by atoms with Gasteiger partial charge in [0.2, 0.25) is 0 Å². The van der Waals surface area contributed by atoms with Gasteiger partial charge in [0.15, 0.2) is 5.82 Å². The molecule has 1 aliphatic carbocycles. The summed E-state index contributed by atoms with van der Waals surface area (Å²) in [5, 5.41) is 3.97. The van der Waals surface area contributed by atoms with Crippen molar-refractivity contribution < 1.29 is 9.26 Å². The standard InChI is InChI=1S/C17H22N2O2/c1-11-7-8-13(10-14(11)20-2)16-15(21-19-17(16)18)9-12-5-3-4-6-12/h7-8,10,12H,3-6,9H2,1-2H3,(H2,18,19). The maximum atomic E-state index is 6.03. The van der Waals surface area contributed by atoms with Crippen LogP contribution in [0.1, 0.15) is 37.0 Å². The van der Waals surface area contributed by atoms with Crippen molar-refractivity contribution in [2.45, 2.75) is 39.0 Å². The molecule has 2 N–H and O–H groups in total. The van der Waals surface area contributed by atoms with E-state index in [1.54, 1.807) is 7.11 Å². The molecule has 0 radical (unpaired) electrons. The van der Waals surface area contributed by atoms with E-state index in [-0.39, 0.29) is 0 Å². The molecule has 3 rings (SSSR count). The van der Waals surface area contributed by atoms with E-state index in [2.05, 4.69) is 11.2 Å². The number of hydrogen-bond acceptors (Lipinski definition) is 4. The summed E-state index contributed by atoms with van der Waals surface area (Å²) >= 11 is 0. The number of aromatic nitrogens is 1. The fourth-order valence-electron chi connectivity index (χ4n) is 3.24. The van der Waals surface area contributed by atoms with E-state index in [1.807, 2.05) is 19.1 Å². The summed E-state index contributed by atoms with van der Waals surface area (Å²) in [6.45, 7) is 2.03. The molecule has 1 aromatic heterocycles. The van der Waals surface area contributed by atoms with Gasteiger partial charge in [-0.05, 0) is 30.0 Å². The molecule has 0 atom stereocenters. The summed E-state index contributed by atoms with van der Waals surface area (Å²) in [5.74, 6) is 2.93. The highest BCUT2D eigenvalue weighted by atomic mass is 16.5. The third kappa shape index (κ3) is 2.75. The molecule has 112 valence electrons. The molecule has 4 heteroatoms. The molecule has 1 heterocycles. The fraction of sp³-hybridized carbons (Fsp3) is 0.471. The lowest BCUT2D eigenvalue weighted by Gasteiger charge is -2.10. The van der Waals surface area contributed by atoms with Gasteiger partial charge in [-0.2, -0.15) is 0 Å². The van der Waals surface area contributed by atoms with Gasteiger partial charge in [0.1, 0.15) is 11.5 Å². The molecule has 4 nitrogen and oxygen atoms in total. The van der Waals surface area contributed by atoms with Crippen LogP contribution in [0.25, 0.3) is 11.1 Å². The van der Waals surface area contributed by atoms with E-state index in [1.165, 1.54) is 25.7 Å². The molecule has 1 fully saturated rings. The van der Waals surface area contributed by atoms with Crippen LogP contribution in [0.2, 0.25) is 0 Å². The minimum atomic E-state index is 0.467. The van der Waals surface area contributed by atoms with Crippen molar-refractivity contribution in [3.8, 4) is 16.9 Å². The van der Waals surface area contributed by atoms with E-state index in [0.717, 1.165) is 34.6 Å². The molecule has 21 heavy (non-hydrogen) atoms. The van der Waals surface area contributed by atoms with Crippen molar-refractivity contribution in [1.82, 2.24) is 5.16 Å². The number of nitrogen functional groups attached to an aromatic ring is 1. The average molecular weight is 286 g/mol. The number of anilines is 1. The summed E-state index contributed by atoms with van der Waals surface area (Å²) in [7, 11) is 1.68. The quantitative estimate of drug-likeness (QED) is 0.923. The van der Waals surface area contributed by atoms with Gasteiger partial charge in [-0.25, -0.2) is 0 Å². The lowest BCUT2D eigenvalue weighted by molar-refractivity contribution is 0.362. The Kier molecular flexibility index (Phi) is 3.86. The van der Waals surface area contributed by atoms with Gasteiger partial charge in [0.05, 0.1) is 12.7 Å². The molecule has 0 amide bonds. The normalized spacial score (nSPS) is 15.5. The number of aryl methyl sites for hydroxylation is 1. The first-order valence-corrected chi connectivity index (χ1v) is 7.58. The van der Waals surface area contributed by atoms with Gasteiger partial charge in [-0.15, -0.1) is 0 Å². The van der Waals surface area contributed by atoms with Crippen LogP contribution in [0, 0.1) is 12.8 Å². The topological polar surface area (TPSA) is 61.3 Å². The summed E-state index contributed by atoms with van der Waals surface area (Å²) in [4.78, 5) is 0. The number of methoxy groups -OCH3 is 1. The van der Waals surface area contributed by atoms with Crippen LogP contribution in [0.5, 0.6) is 5.75 Å². The molecule has 1 aromatic carbocycles. The van der Waals surface area contributed by atoms with Gasteiger partial charge in [-0.3, -0.25) is 0 Å². The van der Waals surface area contributed by atoms with E-state index < -0.39 is 0 Å². The molecule has 0 aliphatic heterocycles. The third-order valence-electron chi connectivity index (χ3n) is 4.43. The highest BCUT2D eigenvalue weighted by molar-refractivity contribution is 5.76. The summed E-state index contributed by atoms with van der Waals surface area (Å²) in [6, 6.07) is 6.11. The molecule has 0 saturated heterocycles. The second kappa shape index (κ2) is 5.80. The summed E-state index contributed by atoms with van der Waals surface area (Å²) < 4.78 is 10.9. The lowest BCUT2D eigenvalue weighted by Crippen LogP contribution is -2.00. The second-order valence-corrected chi connectivity index (χ2v) is 5.90. The number of nitrogens with zero attached hydrogens (tertiary/aromatic N) is 1. The molecule has 0 bridgehead atoms. The third-order valence-corrected chi connectivity index (χ3v) is 4.43. The van der Waals surface area contributed by atoms with E-state index in [0.29, 0.717) is 11.7 Å². The summed E-state index contributed by atoms with van der Waals surface area (Å²) in [5.41, 5.74) is 9.09. The Balaban J connectivity index is 1.95. The van der Waals surface area contributed by atoms with Crippen LogP contribution < -0.4 is 10.5 Å². The maximum absolute atomic E-state index is 6.03. The maximum Gasteiger partial charge on any atom is 0.175 e. The van der Waals surface area contributed by atoms with Crippen LogP contribution in [-0.4, -0.2) is 12.3 Å². The fourth-order valence-corrected chi connectivity index (χ4v) is 3.24. The molecule has 1 saturated carbocycles. The van der Waals surface area contributed by atoms with Crippen LogP contribution >= 0.6 is 0 Å². The average Bonchev–Trinajstić information content (AvgIpc) is 3.11. The Morgan fingerprint density at radius 2 is 2.10 bits per heavy atom. The van der Waals surface area contributed by atoms with Crippen LogP contribution in [0.4, 0.5) is 5.82 Å². The minimum absolute atomic E-state index is 0.467. The predicted octanol–water partition coefficient (Wildman–Crippen LogP) is 3.97. The Morgan fingerprint density at radius 3 is 2.81 bits per heavy atom. The van der Waals surface area contributed by atoms with E-state index in [4.69, 9.17) is 15.0 Å². The monoisotopic (exact) mass is 286 g/mol. The molecule has 0 spiro atoms. The lowest BCUT2D eigenvalue weighted by atomic mass is 9.96. The first-order chi connectivity index (χ1) is 10.2. The smallest absolute Gasteiger partial charge is 0.175 e. The Hall–Kier alpha value is -1.97. The van der Waals surface area contributed by atoms with Crippen molar-refractivity contribution in [3.63, 3.8) is 0 Å². The molecular weight excluding hydrogens is 264 g/mol. The zero-order chi connectivity index (χ0) is 14.8. The number of rotatable bonds is 4. The number of nitrogens with two attached hydrogens (primary N) is 1. The molecular formula is C17H22N2O2. The van der Waals surface area contributed by atoms with Crippen molar-refractivity contribution >= 4 is 5.82 Å². The van der Waals surface area contributed by atoms with Crippen molar-refractivity contribution in [1.29, 1.82) is 0 Å². The zero-order valence-corrected chi connectivity index (χ0v) is 12.7. The first-order valence-electron chi connectivity index (χ1n) is 7.58. The van der Waals surface area contributed by atoms with Crippen molar-refractivity contribution in [3.05, 3.63) is 29.5 Å². The zero-order valence-electron chi connectivity index (χ0n) is 12.7. The highest BCUT2D eigenvalue weighted by Gasteiger charge is 2.22. The number of benzene rings is 1. The van der Waals surface area contributed by atoms with Gasteiger partial charge >= 0.3 is 0 Å². The predicted molar refractivity (Wildman–Crippen MR) is 83.3 cm³/mol. The van der Waals surface area contributed by atoms with E-state index in [9.17, 15) is 0 Å². The SMILES string of the molecule is COc1cc(-c2c(N)noc2CC2CCCC2)ccc1C. The van der Waals surface area contributed by atoms with Gasteiger partial charge < -0.3 is 15.0 Å². The van der Waals surface area contributed by atoms with Crippen LogP contribution in [0.3, 0.4) is 0 Å². The van der Waals surface area contributed by atoms with Crippen molar-refractivity contribution in [2.24, 2.45) is 5.92 Å². The second-order valence-electron chi connectivity index (χ2n) is 5.90. The minimum Gasteiger partial charge on any atom is -0.496 e. The molecule has 2 aromatic rings. The van der Waals surface area contributed by atoms with Gasteiger partial charge in [0, 0.05) is 6.42 Å². The largest absolute Gasteiger partial charge is 0.496 e. The Labute approximate surface area is 125 Å². The van der Waals surface area contributed by atoms with Gasteiger partial charge in [0.25, 0.3) is 0 Å². The first kappa shape index (κ1) is 14.0. The summed E-state index contributed by atoms with van der Waals surface area (Å²) in [6.07, 6.45) is 6.12. The Bertz CT molecular complexity index is 628. The Morgan fingerprint density at radius 1 is 1.33 bits per heavy atom. The van der Waals surface area contributed by atoms with Crippen molar-refractivity contribution in [2.75, 3.05) is 12.8 Å². The van der Waals surface area contributed by atoms with E-state index >= 15 is 0 Å². The van der Waals surface area contributed by atoms with Crippen LogP contribution in [0.15, 0.2) is 22.7 Å². The van der Waals surface area contributed by atoms with Crippen LogP contribution in [-0.2, 0) is 6.42 Å². The number of ether oxygens (including phenoxy) is 1. The van der Waals surface area contributed by atoms with Gasteiger partial charge in [-0.1, -0.05) is 43.0 Å². The molecule has 0 unspecified atom stereocenters. The molecule has 1 aliphatic rings. The highest BCUT2D eigenvalue weighted by Crippen LogP contribution is 2.36. The number of hydrogen-bond donors (Lipinski definition) is 1.